The van der Waals surface area contributed by atoms with Crippen LogP contribution >= 0.6 is 0 Å². The van der Waals surface area contributed by atoms with E-state index >= 15 is 0 Å². The largest absolute Gasteiger partial charge is 0.369 e. The van der Waals surface area contributed by atoms with E-state index in [4.69, 9.17) is 0 Å². The minimum Gasteiger partial charge on any atom is -0.369 e. The van der Waals surface area contributed by atoms with Gasteiger partial charge in [-0.05, 0) is 67.5 Å². The number of nitrogens with zero attached hydrogens (tertiary/aromatic N) is 2. The summed E-state index contributed by atoms with van der Waals surface area (Å²) in [6.07, 6.45) is 25.7. The number of fused-ring (bicyclic) bond motifs is 3. The van der Waals surface area contributed by atoms with E-state index in [-0.39, 0.29) is 17.0 Å². The molecule has 0 radical (unpaired) electrons. The average Bonchev–Trinajstić information content (AvgIpc) is 3.00. The van der Waals surface area contributed by atoms with Gasteiger partial charge in [0.1, 0.15) is 0 Å². The van der Waals surface area contributed by atoms with Gasteiger partial charge in [-0.1, -0.05) is 110 Å². The molecule has 1 aliphatic carbocycles. The molecule has 0 spiro atoms. The van der Waals surface area contributed by atoms with Gasteiger partial charge in [0, 0.05) is 42.4 Å². The molecule has 2 heteroatoms. The Labute approximate surface area is 241 Å². The Hall–Kier alpha value is -3.78. The predicted molar refractivity (Wildman–Crippen MR) is 170 cm³/mol. The molecule has 204 valence electrons. The molecule has 0 saturated carbocycles. The summed E-state index contributed by atoms with van der Waals surface area (Å²) in [6, 6.07) is 20.2. The Bertz CT molecular complexity index is 1500. The first-order valence-electron chi connectivity index (χ1n) is 14.9. The van der Waals surface area contributed by atoms with Crippen LogP contribution in [0.5, 0.6) is 0 Å². The Kier molecular flexibility index (Phi) is 6.82. The van der Waals surface area contributed by atoms with E-state index in [1.807, 2.05) is 0 Å². The molecule has 3 heterocycles. The molecule has 3 aliphatic heterocycles. The van der Waals surface area contributed by atoms with Crippen LogP contribution in [0.15, 0.2) is 132 Å². The minimum absolute atomic E-state index is 0.101. The lowest BCUT2D eigenvalue weighted by atomic mass is 9.50. The zero-order valence-electron chi connectivity index (χ0n) is 24.6. The Morgan fingerprint density at radius 3 is 2.50 bits per heavy atom. The van der Waals surface area contributed by atoms with Crippen molar-refractivity contribution in [3.63, 3.8) is 0 Å². The number of hydrogen-bond donors (Lipinski definition) is 0. The van der Waals surface area contributed by atoms with Crippen LogP contribution in [0.25, 0.3) is 5.57 Å². The third-order valence-electron chi connectivity index (χ3n) is 9.99. The first kappa shape index (κ1) is 26.4. The summed E-state index contributed by atoms with van der Waals surface area (Å²) in [5.41, 5.74) is 9.34. The van der Waals surface area contributed by atoms with Crippen LogP contribution in [-0.4, -0.2) is 28.9 Å². The summed E-state index contributed by atoms with van der Waals surface area (Å²) >= 11 is 0. The van der Waals surface area contributed by atoms with Gasteiger partial charge in [-0.3, -0.25) is 0 Å². The average molecular weight is 527 g/mol. The van der Waals surface area contributed by atoms with Gasteiger partial charge in [0.25, 0.3) is 0 Å². The Morgan fingerprint density at radius 2 is 1.73 bits per heavy atom. The van der Waals surface area contributed by atoms with Crippen LogP contribution in [-0.2, 0) is 5.41 Å². The summed E-state index contributed by atoms with van der Waals surface area (Å²) in [5, 5.41) is 0. The van der Waals surface area contributed by atoms with Crippen molar-refractivity contribution < 1.29 is 0 Å². The third kappa shape index (κ3) is 3.84. The van der Waals surface area contributed by atoms with Crippen molar-refractivity contribution >= 4 is 5.57 Å². The zero-order valence-corrected chi connectivity index (χ0v) is 24.6. The Balaban J connectivity index is 1.56. The summed E-state index contributed by atoms with van der Waals surface area (Å²) in [4.78, 5) is 5.11. The number of piperidine rings is 1. The molecule has 6 rings (SSSR count). The van der Waals surface area contributed by atoms with E-state index in [1.54, 1.807) is 0 Å². The molecule has 0 amide bonds. The van der Waals surface area contributed by atoms with Gasteiger partial charge in [-0.15, -0.1) is 0 Å². The molecule has 0 N–H and O–H groups in total. The Morgan fingerprint density at radius 1 is 0.975 bits per heavy atom. The molecule has 2 nitrogen and oxygen atoms in total. The van der Waals surface area contributed by atoms with Gasteiger partial charge >= 0.3 is 0 Å². The van der Waals surface area contributed by atoms with Gasteiger partial charge in [-0.2, -0.15) is 0 Å². The molecular weight excluding hydrogens is 484 g/mol. The second-order valence-corrected chi connectivity index (χ2v) is 11.9. The van der Waals surface area contributed by atoms with Crippen LogP contribution < -0.4 is 0 Å². The smallest absolute Gasteiger partial charge is 0.0726 e. The van der Waals surface area contributed by atoms with Crippen molar-refractivity contribution in [1.29, 1.82) is 0 Å². The fourth-order valence-electron chi connectivity index (χ4n) is 7.96. The maximum atomic E-state index is 2.70. The van der Waals surface area contributed by atoms with E-state index in [9.17, 15) is 0 Å². The number of hydrogen-bond acceptors (Lipinski definition) is 2. The maximum absolute atomic E-state index is 2.70. The molecule has 4 aliphatic rings. The molecule has 4 atom stereocenters. The van der Waals surface area contributed by atoms with Crippen LogP contribution in [0.1, 0.15) is 63.3 Å². The van der Waals surface area contributed by atoms with Gasteiger partial charge < -0.3 is 9.80 Å². The highest BCUT2D eigenvalue weighted by atomic mass is 15.2. The van der Waals surface area contributed by atoms with Crippen molar-refractivity contribution in [1.82, 2.24) is 9.80 Å². The number of allylic oxidation sites excluding steroid dienone is 9. The number of benzene rings is 2. The predicted octanol–water partition coefficient (Wildman–Crippen LogP) is 8.91. The first-order chi connectivity index (χ1) is 19.5. The maximum Gasteiger partial charge on any atom is 0.0726 e. The summed E-state index contributed by atoms with van der Waals surface area (Å²) in [7, 11) is 2.24. The second-order valence-electron chi connectivity index (χ2n) is 11.9. The normalized spacial score (nSPS) is 29.4. The lowest BCUT2D eigenvalue weighted by Crippen LogP contribution is -2.66. The van der Waals surface area contributed by atoms with E-state index < -0.39 is 0 Å². The van der Waals surface area contributed by atoms with Crippen molar-refractivity contribution in [3.8, 4) is 0 Å². The van der Waals surface area contributed by atoms with Gasteiger partial charge in [0.05, 0.1) is 11.6 Å². The van der Waals surface area contributed by atoms with Crippen molar-refractivity contribution in [2.45, 2.75) is 57.5 Å². The van der Waals surface area contributed by atoms with Crippen molar-refractivity contribution in [2.24, 2.45) is 5.92 Å². The molecule has 4 unspecified atom stereocenters. The van der Waals surface area contributed by atoms with Crippen LogP contribution in [0.2, 0.25) is 0 Å². The van der Waals surface area contributed by atoms with E-state index in [1.165, 1.54) is 39.1 Å². The second kappa shape index (κ2) is 10.3. The first-order valence-corrected chi connectivity index (χ1v) is 14.9. The molecular formula is C38H42N2. The lowest BCUT2D eigenvalue weighted by molar-refractivity contribution is 0.0299. The third-order valence-corrected chi connectivity index (χ3v) is 9.99. The topological polar surface area (TPSA) is 6.48 Å². The quantitative estimate of drug-likeness (QED) is 0.359. The summed E-state index contributed by atoms with van der Waals surface area (Å²) in [6.45, 7) is 10.3. The fourth-order valence-corrected chi connectivity index (χ4v) is 7.96. The van der Waals surface area contributed by atoms with E-state index in [2.05, 4.69) is 160 Å². The van der Waals surface area contributed by atoms with Gasteiger partial charge in [0.2, 0.25) is 0 Å². The molecule has 0 bridgehead atoms. The molecule has 1 fully saturated rings. The fraction of sp³-hybridized carbons (Fsp3) is 0.316. The molecule has 2 aromatic rings. The SMILES string of the molecule is CC=CC1(c2ccccc2C2C=C(C)C(c3ccccc3)=CN2C)C2CC=CC=C2C2=CC=CCN2C1(C)CC. The van der Waals surface area contributed by atoms with Crippen LogP contribution in [0.3, 0.4) is 0 Å². The van der Waals surface area contributed by atoms with E-state index in [0.29, 0.717) is 5.92 Å². The van der Waals surface area contributed by atoms with Gasteiger partial charge in [0.15, 0.2) is 0 Å². The van der Waals surface area contributed by atoms with E-state index in [0.717, 1.165) is 19.4 Å². The number of rotatable bonds is 5. The summed E-state index contributed by atoms with van der Waals surface area (Å²) in [5.74, 6) is 0.364. The molecule has 2 aromatic carbocycles. The molecule has 0 aromatic heterocycles. The molecule has 40 heavy (non-hydrogen) atoms. The highest BCUT2D eigenvalue weighted by Gasteiger charge is 2.60. The summed E-state index contributed by atoms with van der Waals surface area (Å²) < 4.78 is 0. The zero-order chi connectivity index (χ0) is 27.9. The minimum atomic E-state index is -0.196. The molecule has 1 saturated heterocycles. The monoisotopic (exact) mass is 526 g/mol. The standard InChI is InChI=1S/C38H42N2/c1-6-24-38(33-21-13-11-19-30(33)35-23-15-16-25-40(35)37(38,4)7-2)34-22-14-12-20-31(34)36-26-28(3)32(27-39(36)5)29-17-9-8-10-18-29/h6,8-20,22-24,26-27,33,36H,7,21,25H2,1-5H3. The van der Waals surface area contributed by atoms with Crippen molar-refractivity contribution in [2.75, 3.05) is 13.6 Å². The highest BCUT2D eigenvalue weighted by Crippen LogP contribution is 2.60. The lowest BCUT2D eigenvalue weighted by Gasteiger charge is -2.64. The van der Waals surface area contributed by atoms with Crippen LogP contribution in [0, 0.1) is 5.92 Å². The number of likely N-dealkylation sites (N-methyl/N-ethyl adjacent to an activating group) is 1. The van der Waals surface area contributed by atoms with Crippen molar-refractivity contribution in [3.05, 3.63) is 149 Å². The van der Waals surface area contributed by atoms with Crippen LogP contribution in [0.4, 0.5) is 0 Å². The van der Waals surface area contributed by atoms with Gasteiger partial charge in [-0.25, -0.2) is 0 Å². The highest BCUT2D eigenvalue weighted by molar-refractivity contribution is 5.79.